The standard InChI is InChI=1S/C21H31N3O3.HI/c1-3-15-26-19-12-7-4-9-17(19)16-24-21(22-2)23-14-8-13-20(25)27-18-10-5-6-11-18;/h3-4,7,9,12,18H,1,5-6,8,10-11,13-16H2,2H3,(H2,22,23,24);1H. The first kappa shape index (κ1) is 24.3. The van der Waals surface area contributed by atoms with Crippen LogP contribution in [0.1, 0.15) is 44.1 Å². The van der Waals surface area contributed by atoms with Gasteiger partial charge in [-0.25, -0.2) is 0 Å². The Labute approximate surface area is 185 Å². The van der Waals surface area contributed by atoms with Crippen LogP contribution in [0.15, 0.2) is 41.9 Å². The number of rotatable bonds is 10. The highest BCUT2D eigenvalue weighted by Gasteiger charge is 2.18. The summed E-state index contributed by atoms with van der Waals surface area (Å²) in [6, 6.07) is 7.87. The summed E-state index contributed by atoms with van der Waals surface area (Å²) >= 11 is 0. The molecule has 28 heavy (non-hydrogen) atoms. The highest BCUT2D eigenvalue weighted by Crippen LogP contribution is 2.21. The van der Waals surface area contributed by atoms with Crippen LogP contribution in [0.3, 0.4) is 0 Å². The predicted molar refractivity (Wildman–Crippen MR) is 123 cm³/mol. The van der Waals surface area contributed by atoms with E-state index >= 15 is 0 Å². The maximum atomic E-state index is 11.8. The molecule has 0 unspecified atom stereocenters. The van der Waals surface area contributed by atoms with E-state index in [9.17, 15) is 4.79 Å². The third-order valence-electron chi connectivity index (χ3n) is 4.45. The van der Waals surface area contributed by atoms with Crippen LogP contribution in [0.2, 0.25) is 0 Å². The van der Waals surface area contributed by atoms with Gasteiger partial charge < -0.3 is 20.1 Å². The lowest BCUT2D eigenvalue weighted by atomic mass is 10.2. The molecule has 0 bridgehead atoms. The highest BCUT2D eigenvalue weighted by molar-refractivity contribution is 14.0. The number of hydrogen-bond acceptors (Lipinski definition) is 4. The van der Waals surface area contributed by atoms with E-state index < -0.39 is 0 Å². The van der Waals surface area contributed by atoms with Gasteiger partial charge >= 0.3 is 5.97 Å². The normalized spacial score (nSPS) is 14.1. The third-order valence-corrected chi connectivity index (χ3v) is 4.45. The van der Waals surface area contributed by atoms with Gasteiger partial charge in [-0.05, 0) is 38.2 Å². The Morgan fingerprint density at radius 2 is 2.04 bits per heavy atom. The summed E-state index contributed by atoms with van der Waals surface area (Å²) < 4.78 is 11.1. The first-order valence-corrected chi connectivity index (χ1v) is 9.68. The van der Waals surface area contributed by atoms with Crippen LogP contribution in [-0.2, 0) is 16.1 Å². The SMILES string of the molecule is C=CCOc1ccccc1CNC(=NC)NCCCC(=O)OC1CCCC1.I. The van der Waals surface area contributed by atoms with Gasteiger partial charge in [-0.2, -0.15) is 0 Å². The largest absolute Gasteiger partial charge is 0.489 e. The van der Waals surface area contributed by atoms with Crippen molar-refractivity contribution in [3.05, 3.63) is 42.5 Å². The number of carbonyl (C=O) groups is 1. The molecule has 0 atom stereocenters. The van der Waals surface area contributed by atoms with Crippen LogP contribution < -0.4 is 15.4 Å². The third kappa shape index (κ3) is 8.95. The van der Waals surface area contributed by atoms with Crippen molar-refractivity contribution in [2.24, 2.45) is 4.99 Å². The van der Waals surface area contributed by atoms with Gasteiger partial charge in [0, 0.05) is 32.1 Å². The molecular weight excluding hydrogens is 469 g/mol. The Morgan fingerprint density at radius 1 is 1.29 bits per heavy atom. The Balaban J connectivity index is 0.00000392. The number of benzene rings is 1. The van der Waals surface area contributed by atoms with Crippen molar-refractivity contribution in [3.63, 3.8) is 0 Å². The van der Waals surface area contributed by atoms with Crippen LogP contribution in [0, 0.1) is 0 Å². The molecule has 1 fully saturated rings. The number of para-hydroxylation sites is 1. The maximum Gasteiger partial charge on any atom is 0.306 e. The Bertz CT molecular complexity index is 631. The minimum atomic E-state index is -0.0973. The number of nitrogens with one attached hydrogen (secondary N) is 2. The summed E-state index contributed by atoms with van der Waals surface area (Å²) in [6.45, 7) is 5.40. The van der Waals surface area contributed by atoms with Crippen molar-refractivity contribution >= 4 is 35.9 Å². The molecule has 1 saturated carbocycles. The van der Waals surface area contributed by atoms with Gasteiger partial charge in [0.2, 0.25) is 0 Å². The van der Waals surface area contributed by atoms with Crippen LogP contribution in [0.5, 0.6) is 5.75 Å². The molecule has 0 radical (unpaired) electrons. The molecular formula is C21H32IN3O3. The second kappa shape index (κ2) is 14.3. The van der Waals surface area contributed by atoms with E-state index in [1.54, 1.807) is 13.1 Å². The Kier molecular flexibility index (Phi) is 12.4. The molecule has 1 aliphatic carbocycles. The van der Waals surface area contributed by atoms with Crippen molar-refractivity contribution in [2.45, 2.75) is 51.2 Å². The zero-order valence-corrected chi connectivity index (χ0v) is 18.9. The molecule has 0 heterocycles. The predicted octanol–water partition coefficient (Wildman–Crippen LogP) is 3.80. The molecule has 1 aliphatic rings. The first-order chi connectivity index (χ1) is 13.2. The van der Waals surface area contributed by atoms with Crippen LogP contribution in [0.25, 0.3) is 0 Å². The molecule has 1 aromatic carbocycles. The molecule has 0 aromatic heterocycles. The van der Waals surface area contributed by atoms with Gasteiger partial charge in [0.05, 0.1) is 0 Å². The zero-order valence-electron chi connectivity index (χ0n) is 16.6. The van der Waals surface area contributed by atoms with Crippen LogP contribution in [0.4, 0.5) is 0 Å². The molecule has 0 aliphatic heterocycles. The summed E-state index contributed by atoms with van der Waals surface area (Å²) in [5.41, 5.74) is 1.04. The van der Waals surface area contributed by atoms with Crippen molar-refractivity contribution in [2.75, 3.05) is 20.2 Å². The smallest absolute Gasteiger partial charge is 0.306 e. The van der Waals surface area contributed by atoms with Gasteiger partial charge in [0.15, 0.2) is 5.96 Å². The van der Waals surface area contributed by atoms with E-state index in [0.29, 0.717) is 38.5 Å². The molecule has 1 aromatic rings. The van der Waals surface area contributed by atoms with Crippen LogP contribution in [-0.4, -0.2) is 38.2 Å². The fraction of sp³-hybridized carbons (Fsp3) is 0.524. The number of esters is 1. The van der Waals surface area contributed by atoms with Crippen molar-refractivity contribution in [1.82, 2.24) is 10.6 Å². The summed E-state index contributed by atoms with van der Waals surface area (Å²) in [4.78, 5) is 16.0. The fourth-order valence-electron chi connectivity index (χ4n) is 3.03. The van der Waals surface area contributed by atoms with Gasteiger partial charge in [-0.1, -0.05) is 30.9 Å². The topological polar surface area (TPSA) is 72.0 Å². The van der Waals surface area contributed by atoms with Crippen molar-refractivity contribution in [3.8, 4) is 5.75 Å². The second-order valence-corrected chi connectivity index (χ2v) is 6.56. The number of carbonyl (C=O) groups excluding carboxylic acids is 1. The average Bonchev–Trinajstić information content (AvgIpc) is 3.19. The van der Waals surface area contributed by atoms with Crippen LogP contribution >= 0.6 is 24.0 Å². The molecule has 0 amide bonds. The van der Waals surface area contributed by atoms with Gasteiger partial charge in [-0.15, -0.1) is 24.0 Å². The van der Waals surface area contributed by atoms with Gasteiger partial charge in [0.1, 0.15) is 18.5 Å². The quantitative estimate of drug-likeness (QED) is 0.128. The summed E-state index contributed by atoms with van der Waals surface area (Å²) in [7, 11) is 1.73. The minimum absolute atomic E-state index is 0. The number of aliphatic imine (C=N–C) groups is 1. The minimum Gasteiger partial charge on any atom is -0.489 e. The maximum absolute atomic E-state index is 11.8. The lowest BCUT2D eigenvalue weighted by Gasteiger charge is -2.14. The Hall–Kier alpha value is -1.77. The van der Waals surface area contributed by atoms with E-state index in [-0.39, 0.29) is 36.0 Å². The fourth-order valence-corrected chi connectivity index (χ4v) is 3.03. The molecule has 6 nitrogen and oxygen atoms in total. The zero-order chi connectivity index (χ0) is 19.3. The number of guanidine groups is 1. The Morgan fingerprint density at radius 3 is 2.75 bits per heavy atom. The molecule has 156 valence electrons. The van der Waals surface area contributed by atoms with E-state index in [4.69, 9.17) is 9.47 Å². The van der Waals surface area contributed by atoms with E-state index in [1.165, 1.54) is 12.8 Å². The van der Waals surface area contributed by atoms with Crippen molar-refractivity contribution in [1.29, 1.82) is 0 Å². The van der Waals surface area contributed by atoms with Gasteiger partial charge in [-0.3, -0.25) is 9.79 Å². The van der Waals surface area contributed by atoms with E-state index in [0.717, 1.165) is 24.2 Å². The first-order valence-electron chi connectivity index (χ1n) is 9.68. The highest BCUT2D eigenvalue weighted by atomic mass is 127. The van der Waals surface area contributed by atoms with E-state index in [1.807, 2.05) is 24.3 Å². The molecule has 0 saturated heterocycles. The monoisotopic (exact) mass is 501 g/mol. The lowest BCUT2D eigenvalue weighted by molar-refractivity contribution is -0.148. The number of nitrogens with zero attached hydrogens (tertiary/aromatic N) is 1. The second-order valence-electron chi connectivity index (χ2n) is 6.56. The average molecular weight is 501 g/mol. The molecule has 2 N–H and O–H groups in total. The van der Waals surface area contributed by atoms with E-state index in [2.05, 4.69) is 22.2 Å². The number of halogens is 1. The summed E-state index contributed by atoms with van der Waals surface area (Å²) in [5.74, 6) is 1.42. The number of ether oxygens (including phenoxy) is 2. The summed E-state index contributed by atoms with van der Waals surface area (Å²) in [6.07, 6.45) is 7.37. The molecule has 0 spiro atoms. The molecule has 7 heteroatoms. The lowest BCUT2D eigenvalue weighted by Crippen LogP contribution is -2.37. The van der Waals surface area contributed by atoms with Crippen molar-refractivity contribution < 1.29 is 14.3 Å². The van der Waals surface area contributed by atoms with Gasteiger partial charge in [0.25, 0.3) is 0 Å². The molecule has 2 rings (SSSR count). The number of hydrogen-bond donors (Lipinski definition) is 2. The summed E-state index contributed by atoms with van der Waals surface area (Å²) in [5, 5.41) is 6.49.